The molecule has 1 aromatic heterocycles. The highest BCUT2D eigenvalue weighted by Gasteiger charge is 2.35. The fraction of sp³-hybridized carbons (Fsp3) is 0.500. The van der Waals surface area contributed by atoms with E-state index in [-0.39, 0.29) is 28.7 Å². The summed E-state index contributed by atoms with van der Waals surface area (Å²) in [5.74, 6) is 0.161. The highest BCUT2D eigenvalue weighted by atomic mass is 35.5. The van der Waals surface area contributed by atoms with Gasteiger partial charge in [0.2, 0.25) is 5.91 Å². The van der Waals surface area contributed by atoms with Crippen LogP contribution in [-0.4, -0.2) is 58.5 Å². The molecule has 0 unspecified atom stereocenters. The molecule has 2 aromatic rings. The lowest BCUT2D eigenvalue weighted by molar-refractivity contribution is -0.131. The van der Waals surface area contributed by atoms with Crippen LogP contribution in [-0.2, 0) is 14.6 Å². The molecule has 2 atom stereocenters. The number of aromatic nitrogens is 2. The molecule has 9 heteroatoms. The van der Waals surface area contributed by atoms with Crippen molar-refractivity contribution in [1.82, 2.24) is 14.9 Å². The number of halogens is 1. The summed E-state index contributed by atoms with van der Waals surface area (Å²) in [5, 5.41) is 0.906. The molecule has 1 amide bonds. The zero-order valence-corrected chi connectivity index (χ0v) is 16.4. The molecule has 0 saturated carbocycles. The van der Waals surface area contributed by atoms with Crippen molar-refractivity contribution < 1.29 is 13.2 Å². The van der Waals surface area contributed by atoms with Crippen LogP contribution in [0.3, 0.4) is 0 Å². The van der Waals surface area contributed by atoms with E-state index in [0.717, 1.165) is 11.0 Å². The third kappa shape index (κ3) is 4.12. The average molecular weight is 402 g/mol. The lowest BCUT2D eigenvalue weighted by atomic mass is 10.2. The second kappa shape index (κ2) is 7.17. The van der Waals surface area contributed by atoms with Gasteiger partial charge in [0, 0.05) is 17.6 Å². The van der Waals surface area contributed by atoms with Crippen LogP contribution in [0.4, 0.5) is 0 Å². The molecule has 0 aliphatic carbocycles. The SMILES string of the molecule is CCN(C(=O)[C@@H](C)Sc1nc2ccc(Cl)cc2[nH]1)[C@@H]1CCS(=O)(=O)C1. The molecule has 0 bridgehead atoms. The number of aromatic amines is 1. The van der Waals surface area contributed by atoms with Crippen LogP contribution in [0, 0.1) is 0 Å². The van der Waals surface area contributed by atoms with Gasteiger partial charge in [-0.05, 0) is 38.5 Å². The van der Waals surface area contributed by atoms with E-state index in [0.29, 0.717) is 23.1 Å². The summed E-state index contributed by atoms with van der Waals surface area (Å²) in [7, 11) is -3.02. The molecular weight excluding hydrogens is 382 g/mol. The molecule has 136 valence electrons. The van der Waals surface area contributed by atoms with Gasteiger partial charge in [0.25, 0.3) is 0 Å². The number of carbonyl (C=O) groups excluding carboxylic acids is 1. The molecule has 0 spiro atoms. The van der Waals surface area contributed by atoms with Gasteiger partial charge in [-0.3, -0.25) is 4.79 Å². The predicted octanol–water partition coefficient (Wildman–Crippen LogP) is 2.73. The highest BCUT2D eigenvalue weighted by Crippen LogP contribution is 2.27. The number of rotatable bonds is 5. The lowest BCUT2D eigenvalue weighted by Crippen LogP contribution is -2.44. The minimum atomic E-state index is -3.02. The van der Waals surface area contributed by atoms with E-state index in [2.05, 4.69) is 9.97 Å². The third-order valence-corrected chi connectivity index (χ3v) is 7.29. The third-order valence-electron chi connectivity index (χ3n) is 4.33. The molecule has 6 nitrogen and oxygen atoms in total. The number of imidazole rings is 1. The molecule has 3 rings (SSSR count). The van der Waals surface area contributed by atoms with Gasteiger partial charge in [0.15, 0.2) is 15.0 Å². The number of fused-ring (bicyclic) bond motifs is 1. The van der Waals surface area contributed by atoms with E-state index in [1.54, 1.807) is 17.0 Å². The topological polar surface area (TPSA) is 83.1 Å². The van der Waals surface area contributed by atoms with Gasteiger partial charge in [-0.25, -0.2) is 13.4 Å². The molecule has 1 aromatic carbocycles. The summed E-state index contributed by atoms with van der Waals surface area (Å²) in [4.78, 5) is 22.1. The fourth-order valence-corrected chi connectivity index (χ4v) is 5.87. The number of benzene rings is 1. The second-order valence-corrected chi connectivity index (χ2v) is 10.1. The molecule has 2 heterocycles. The first-order chi connectivity index (χ1) is 11.8. The number of H-pyrrole nitrogens is 1. The Morgan fingerprint density at radius 1 is 1.52 bits per heavy atom. The Balaban J connectivity index is 1.72. The van der Waals surface area contributed by atoms with Crippen molar-refractivity contribution in [2.45, 2.75) is 36.7 Å². The Morgan fingerprint density at radius 3 is 2.92 bits per heavy atom. The minimum absolute atomic E-state index is 0.0620. The van der Waals surface area contributed by atoms with Gasteiger partial charge in [-0.15, -0.1) is 0 Å². The number of nitrogens with zero attached hydrogens (tertiary/aromatic N) is 2. The Hall–Kier alpha value is -1.25. The molecule has 1 saturated heterocycles. The molecule has 0 radical (unpaired) electrons. The number of sulfone groups is 1. The van der Waals surface area contributed by atoms with Crippen molar-refractivity contribution >= 4 is 50.1 Å². The van der Waals surface area contributed by atoms with Crippen molar-refractivity contribution in [3.63, 3.8) is 0 Å². The first-order valence-electron chi connectivity index (χ1n) is 8.12. The van der Waals surface area contributed by atoms with Gasteiger partial charge in [0.05, 0.1) is 27.8 Å². The molecule has 1 fully saturated rings. The normalized spacial score (nSPS) is 20.7. The highest BCUT2D eigenvalue weighted by molar-refractivity contribution is 8.00. The smallest absolute Gasteiger partial charge is 0.236 e. The van der Waals surface area contributed by atoms with Crippen LogP contribution in [0.1, 0.15) is 20.3 Å². The maximum absolute atomic E-state index is 12.8. The molecule has 1 N–H and O–H groups in total. The van der Waals surface area contributed by atoms with Crippen molar-refractivity contribution in [3.05, 3.63) is 23.2 Å². The molecular formula is C16H20ClN3O3S2. The molecule has 1 aliphatic heterocycles. The number of nitrogens with one attached hydrogen (secondary N) is 1. The van der Waals surface area contributed by atoms with E-state index >= 15 is 0 Å². The standard InChI is InChI=1S/C16H20ClN3O3S2/c1-3-20(12-6-7-25(22,23)9-12)15(21)10(2)24-16-18-13-5-4-11(17)8-14(13)19-16/h4-5,8,10,12H,3,6-7,9H2,1-2H3,(H,18,19)/t10-,12-/m1/s1. The Kier molecular flexibility index (Phi) is 5.31. The number of amides is 1. The van der Waals surface area contributed by atoms with Gasteiger partial charge in [-0.1, -0.05) is 23.4 Å². The van der Waals surface area contributed by atoms with E-state index in [1.807, 2.05) is 19.9 Å². The van der Waals surface area contributed by atoms with E-state index in [1.165, 1.54) is 11.8 Å². The average Bonchev–Trinajstić information content (AvgIpc) is 3.09. The quantitative estimate of drug-likeness (QED) is 0.779. The molecule has 25 heavy (non-hydrogen) atoms. The monoisotopic (exact) mass is 401 g/mol. The minimum Gasteiger partial charge on any atom is -0.338 e. The predicted molar refractivity (Wildman–Crippen MR) is 101 cm³/mol. The van der Waals surface area contributed by atoms with Gasteiger partial charge < -0.3 is 9.88 Å². The van der Waals surface area contributed by atoms with Crippen molar-refractivity contribution in [2.24, 2.45) is 0 Å². The fourth-order valence-electron chi connectivity index (χ4n) is 3.08. The number of hydrogen-bond donors (Lipinski definition) is 1. The van der Waals surface area contributed by atoms with E-state index in [9.17, 15) is 13.2 Å². The van der Waals surface area contributed by atoms with Crippen molar-refractivity contribution in [2.75, 3.05) is 18.1 Å². The van der Waals surface area contributed by atoms with Crippen LogP contribution in [0.25, 0.3) is 11.0 Å². The maximum Gasteiger partial charge on any atom is 0.236 e. The summed E-state index contributed by atoms with van der Waals surface area (Å²) in [6, 6.07) is 5.17. The van der Waals surface area contributed by atoms with Crippen LogP contribution in [0.2, 0.25) is 5.02 Å². The zero-order chi connectivity index (χ0) is 18.2. The number of carbonyl (C=O) groups is 1. The number of hydrogen-bond acceptors (Lipinski definition) is 5. The maximum atomic E-state index is 12.8. The Morgan fingerprint density at radius 2 is 2.28 bits per heavy atom. The summed E-state index contributed by atoms with van der Waals surface area (Å²) in [6.45, 7) is 4.20. The largest absolute Gasteiger partial charge is 0.338 e. The Labute approximate surface area is 156 Å². The Bertz CT molecular complexity index is 897. The van der Waals surface area contributed by atoms with Gasteiger partial charge in [-0.2, -0.15) is 0 Å². The zero-order valence-electron chi connectivity index (χ0n) is 14.0. The first kappa shape index (κ1) is 18.5. The van der Waals surface area contributed by atoms with E-state index in [4.69, 9.17) is 11.6 Å². The summed E-state index contributed by atoms with van der Waals surface area (Å²) >= 11 is 7.31. The van der Waals surface area contributed by atoms with Crippen molar-refractivity contribution in [3.8, 4) is 0 Å². The van der Waals surface area contributed by atoms with Gasteiger partial charge in [0.1, 0.15) is 0 Å². The molecule has 1 aliphatic rings. The van der Waals surface area contributed by atoms with Crippen LogP contribution < -0.4 is 0 Å². The summed E-state index contributed by atoms with van der Waals surface area (Å²) in [6.07, 6.45) is 0.516. The lowest BCUT2D eigenvalue weighted by Gasteiger charge is -2.29. The number of thioether (sulfide) groups is 1. The second-order valence-electron chi connectivity index (χ2n) is 6.14. The van der Waals surface area contributed by atoms with Crippen molar-refractivity contribution in [1.29, 1.82) is 0 Å². The first-order valence-corrected chi connectivity index (χ1v) is 11.2. The summed E-state index contributed by atoms with van der Waals surface area (Å²) in [5.41, 5.74) is 1.62. The summed E-state index contributed by atoms with van der Waals surface area (Å²) < 4.78 is 23.4. The van der Waals surface area contributed by atoms with Gasteiger partial charge >= 0.3 is 0 Å². The van der Waals surface area contributed by atoms with Crippen LogP contribution in [0.5, 0.6) is 0 Å². The van der Waals surface area contributed by atoms with Crippen LogP contribution in [0.15, 0.2) is 23.4 Å². The van der Waals surface area contributed by atoms with Crippen LogP contribution >= 0.6 is 23.4 Å². The van der Waals surface area contributed by atoms with E-state index < -0.39 is 9.84 Å².